The largest absolute Gasteiger partial charge is 0.383 e. The van der Waals surface area contributed by atoms with E-state index in [1.54, 1.807) is 0 Å². The van der Waals surface area contributed by atoms with Crippen LogP contribution in [0.5, 0.6) is 0 Å². The lowest BCUT2D eigenvalue weighted by molar-refractivity contribution is 0.00835. The maximum Gasteiger partial charge on any atom is 0.0589 e. The number of piperidine rings is 1. The second kappa shape index (κ2) is 4.66. The molecular formula is C14H25NO. The number of rotatable bonds is 3. The summed E-state index contributed by atoms with van der Waals surface area (Å²) in [5.74, 6) is 2.11. The van der Waals surface area contributed by atoms with Gasteiger partial charge in [-0.25, -0.2) is 0 Å². The summed E-state index contributed by atoms with van der Waals surface area (Å²) < 4.78 is 5.26. The fraction of sp³-hybridized carbons (Fsp3) is 1.00. The lowest BCUT2D eigenvalue weighted by Gasteiger charge is -2.47. The Morgan fingerprint density at radius 1 is 1.12 bits per heavy atom. The molecule has 1 saturated carbocycles. The summed E-state index contributed by atoms with van der Waals surface area (Å²) in [4.78, 5) is 2.79. The highest BCUT2D eigenvalue weighted by atomic mass is 16.5. The second-order valence-corrected chi connectivity index (χ2v) is 5.97. The van der Waals surface area contributed by atoms with Crippen LogP contribution >= 0.6 is 0 Å². The van der Waals surface area contributed by atoms with Crippen molar-refractivity contribution in [2.75, 3.05) is 20.3 Å². The van der Waals surface area contributed by atoms with E-state index in [0.29, 0.717) is 0 Å². The third-order valence-corrected chi connectivity index (χ3v) is 5.28. The lowest BCUT2D eigenvalue weighted by atomic mass is 9.71. The molecule has 2 aliphatic heterocycles. The summed E-state index contributed by atoms with van der Waals surface area (Å²) in [7, 11) is 1.83. The van der Waals surface area contributed by atoms with Crippen molar-refractivity contribution < 1.29 is 4.74 Å². The topological polar surface area (TPSA) is 12.5 Å². The number of hydrogen-bond acceptors (Lipinski definition) is 2. The van der Waals surface area contributed by atoms with Gasteiger partial charge in [0, 0.05) is 25.7 Å². The Labute approximate surface area is 99.3 Å². The molecule has 2 heterocycles. The van der Waals surface area contributed by atoms with Gasteiger partial charge < -0.3 is 4.74 Å². The van der Waals surface area contributed by atoms with Crippen LogP contribution < -0.4 is 0 Å². The Bertz CT molecular complexity index is 243. The highest BCUT2D eigenvalue weighted by molar-refractivity contribution is 5.00. The van der Waals surface area contributed by atoms with Gasteiger partial charge in [-0.1, -0.05) is 19.3 Å². The van der Waals surface area contributed by atoms with Crippen LogP contribution in [0.1, 0.15) is 44.9 Å². The van der Waals surface area contributed by atoms with Gasteiger partial charge in [-0.05, 0) is 37.5 Å². The Morgan fingerprint density at radius 3 is 2.88 bits per heavy atom. The van der Waals surface area contributed by atoms with Crippen molar-refractivity contribution in [1.82, 2.24) is 4.90 Å². The third kappa shape index (κ3) is 1.80. The van der Waals surface area contributed by atoms with E-state index in [4.69, 9.17) is 4.74 Å². The molecule has 2 saturated heterocycles. The van der Waals surface area contributed by atoms with E-state index >= 15 is 0 Å². The standard InChI is InChI=1S/C14H25NO/c1-16-9-8-15-12-6-7-14(15)13-5-3-2-4-11(13)10-12/h11-14H,2-10H2,1H3. The summed E-state index contributed by atoms with van der Waals surface area (Å²) in [5.41, 5.74) is 0. The zero-order valence-corrected chi connectivity index (χ0v) is 10.5. The molecule has 4 atom stereocenters. The summed E-state index contributed by atoms with van der Waals surface area (Å²) in [5, 5.41) is 0. The summed E-state index contributed by atoms with van der Waals surface area (Å²) >= 11 is 0. The van der Waals surface area contributed by atoms with Crippen LogP contribution in [0.25, 0.3) is 0 Å². The molecule has 4 unspecified atom stereocenters. The minimum absolute atomic E-state index is 0.902. The monoisotopic (exact) mass is 223 g/mol. The average molecular weight is 223 g/mol. The molecule has 92 valence electrons. The van der Waals surface area contributed by atoms with E-state index in [0.717, 1.165) is 30.5 Å². The zero-order chi connectivity index (χ0) is 11.0. The van der Waals surface area contributed by atoms with Gasteiger partial charge in [0.1, 0.15) is 0 Å². The molecule has 0 aromatic rings. The number of nitrogens with zero attached hydrogens (tertiary/aromatic N) is 1. The summed E-state index contributed by atoms with van der Waals surface area (Å²) in [6.07, 6.45) is 10.4. The molecule has 2 heteroatoms. The molecule has 3 rings (SSSR count). The van der Waals surface area contributed by atoms with Crippen LogP contribution in [0.4, 0.5) is 0 Å². The lowest BCUT2D eigenvalue weighted by Crippen LogP contribution is -2.50. The molecule has 1 aliphatic carbocycles. The number of ether oxygens (including phenoxy) is 1. The first-order chi connectivity index (χ1) is 7.90. The minimum atomic E-state index is 0.902. The molecule has 0 aromatic carbocycles. The van der Waals surface area contributed by atoms with E-state index in [-0.39, 0.29) is 0 Å². The van der Waals surface area contributed by atoms with E-state index < -0.39 is 0 Å². The predicted octanol–water partition coefficient (Wildman–Crippen LogP) is 2.68. The molecule has 0 aromatic heterocycles. The Kier molecular flexibility index (Phi) is 3.21. The Hall–Kier alpha value is -0.0800. The summed E-state index contributed by atoms with van der Waals surface area (Å²) in [6, 6.07) is 1.82. The minimum Gasteiger partial charge on any atom is -0.383 e. The first kappa shape index (κ1) is 11.0. The first-order valence-corrected chi connectivity index (χ1v) is 7.15. The highest BCUT2D eigenvalue weighted by Gasteiger charge is 2.46. The van der Waals surface area contributed by atoms with E-state index in [1.165, 1.54) is 51.5 Å². The van der Waals surface area contributed by atoms with Crippen molar-refractivity contribution in [3.63, 3.8) is 0 Å². The molecule has 16 heavy (non-hydrogen) atoms. The van der Waals surface area contributed by atoms with Crippen molar-refractivity contribution in [3.05, 3.63) is 0 Å². The van der Waals surface area contributed by atoms with Gasteiger partial charge >= 0.3 is 0 Å². The molecule has 0 spiro atoms. The average Bonchev–Trinajstić information content (AvgIpc) is 2.60. The molecular weight excluding hydrogens is 198 g/mol. The van der Waals surface area contributed by atoms with Crippen LogP contribution in [0, 0.1) is 11.8 Å². The normalized spacial score (nSPS) is 43.3. The Balaban J connectivity index is 1.69. The molecule has 2 nitrogen and oxygen atoms in total. The van der Waals surface area contributed by atoms with Crippen LogP contribution in [-0.4, -0.2) is 37.2 Å². The smallest absolute Gasteiger partial charge is 0.0589 e. The molecule has 3 fully saturated rings. The second-order valence-electron chi connectivity index (χ2n) is 5.97. The van der Waals surface area contributed by atoms with E-state index in [1.807, 2.05) is 7.11 Å². The molecule has 0 amide bonds. The molecule has 0 radical (unpaired) electrons. The van der Waals surface area contributed by atoms with Gasteiger partial charge in [0.05, 0.1) is 6.61 Å². The van der Waals surface area contributed by atoms with Gasteiger partial charge in [-0.15, -0.1) is 0 Å². The van der Waals surface area contributed by atoms with Gasteiger partial charge in [0.2, 0.25) is 0 Å². The molecule has 0 N–H and O–H groups in total. The van der Waals surface area contributed by atoms with Crippen molar-refractivity contribution in [1.29, 1.82) is 0 Å². The predicted molar refractivity (Wildman–Crippen MR) is 65.5 cm³/mol. The zero-order valence-electron chi connectivity index (χ0n) is 10.5. The fourth-order valence-electron chi connectivity index (χ4n) is 4.61. The van der Waals surface area contributed by atoms with E-state index in [2.05, 4.69) is 4.90 Å². The van der Waals surface area contributed by atoms with Crippen molar-refractivity contribution in [2.45, 2.75) is 57.0 Å². The molecule has 3 aliphatic rings. The van der Waals surface area contributed by atoms with Crippen LogP contribution in [0.15, 0.2) is 0 Å². The van der Waals surface area contributed by atoms with Crippen LogP contribution in [0.2, 0.25) is 0 Å². The van der Waals surface area contributed by atoms with E-state index in [9.17, 15) is 0 Å². The first-order valence-electron chi connectivity index (χ1n) is 7.15. The van der Waals surface area contributed by atoms with Gasteiger partial charge in [0.15, 0.2) is 0 Å². The molecule has 2 bridgehead atoms. The number of fused-ring (bicyclic) bond motifs is 4. The summed E-state index contributed by atoms with van der Waals surface area (Å²) in [6.45, 7) is 2.10. The van der Waals surface area contributed by atoms with Crippen molar-refractivity contribution >= 4 is 0 Å². The Morgan fingerprint density at radius 2 is 2.00 bits per heavy atom. The maximum absolute atomic E-state index is 5.26. The van der Waals surface area contributed by atoms with Crippen molar-refractivity contribution in [2.24, 2.45) is 11.8 Å². The SMILES string of the molecule is COCCN1C2CCC1C1CCCCC1C2. The maximum atomic E-state index is 5.26. The number of hydrogen-bond donors (Lipinski definition) is 0. The van der Waals surface area contributed by atoms with Gasteiger partial charge in [0.25, 0.3) is 0 Å². The third-order valence-electron chi connectivity index (χ3n) is 5.28. The van der Waals surface area contributed by atoms with Gasteiger partial charge in [-0.2, -0.15) is 0 Å². The van der Waals surface area contributed by atoms with Crippen LogP contribution in [-0.2, 0) is 4.74 Å². The van der Waals surface area contributed by atoms with Gasteiger partial charge in [-0.3, -0.25) is 4.90 Å². The quantitative estimate of drug-likeness (QED) is 0.729. The van der Waals surface area contributed by atoms with Crippen LogP contribution in [0.3, 0.4) is 0 Å². The highest BCUT2D eigenvalue weighted by Crippen LogP contribution is 2.48. The number of methoxy groups -OCH3 is 1. The fourth-order valence-corrected chi connectivity index (χ4v) is 4.61. The van der Waals surface area contributed by atoms with Crippen molar-refractivity contribution in [3.8, 4) is 0 Å².